The third-order valence-corrected chi connectivity index (χ3v) is 3.92. The molecule has 0 fully saturated rings. The number of thiophene rings is 1. The first-order chi connectivity index (χ1) is 9.56. The summed E-state index contributed by atoms with van der Waals surface area (Å²) in [5, 5.41) is 6.05. The molecule has 0 aliphatic rings. The fourth-order valence-corrected chi connectivity index (χ4v) is 2.99. The molecule has 2 aromatic heterocycles. The number of carbonyl (C=O) groups excluding carboxylic acids is 1. The first-order valence-electron chi connectivity index (χ1n) is 6.37. The highest BCUT2D eigenvalue weighted by Crippen LogP contribution is 2.31. The van der Waals surface area contributed by atoms with Crippen LogP contribution in [0.25, 0.3) is 0 Å². The van der Waals surface area contributed by atoms with Crippen molar-refractivity contribution in [2.45, 2.75) is 25.9 Å². The van der Waals surface area contributed by atoms with Gasteiger partial charge in [0.25, 0.3) is 0 Å². The molecule has 0 bridgehead atoms. The molecule has 20 heavy (non-hydrogen) atoms. The third-order valence-electron chi connectivity index (χ3n) is 2.62. The Morgan fingerprint density at radius 1 is 1.40 bits per heavy atom. The van der Waals surface area contributed by atoms with Crippen molar-refractivity contribution in [1.29, 1.82) is 0 Å². The molecular weight excluding hydrogens is 296 g/mol. The van der Waals surface area contributed by atoms with E-state index in [0.717, 1.165) is 10.6 Å². The van der Waals surface area contributed by atoms with Crippen molar-refractivity contribution >= 4 is 28.8 Å². The molecule has 2 heterocycles. The van der Waals surface area contributed by atoms with E-state index in [1.807, 2.05) is 38.1 Å². The first-order valence-corrected chi connectivity index (χ1v) is 7.57. The van der Waals surface area contributed by atoms with Crippen LogP contribution in [-0.2, 0) is 4.79 Å². The number of nitrogens with one attached hydrogen (secondary N) is 2. The molecule has 1 atom stereocenters. The van der Waals surface area contributed by atoms with E-state index in [0.29, 0.717) is 4.34 Å². The van der Waals surface area contributed by atoms with Crippen LogP contribution >= 0.6 is 22.9 Å². The van der Waals surface area contributed by atoms with Crippen molar-refractivity contribution in [1.82, 2.24) is 10.6 Å². The lowest BCUT2D eigenvalue weighted by Crippen LogP contribution is -2.39. The van der Waals surface area contributed by atoms with Gasteiger partial charge in [-0.2, -0.15) is 0 Å². The van der Waals surface area contributed by atoms with E-state index in [2.05, 4.69) is 10.6 Å². The van der Waals surface area contributed by atoms with Gasteiger partial charge in [-0.25, -0.2) is 0 Å². The number of hydrogen-bond acceptors (Lipinski definition) is 4. The summed E-state index contributed by atoms with van der Waals surface area (Å²) in [4.78, 5) is 12.8. The van der Waals surface area contributed by atoms with Gasteiger partial charge in [0, 0.05) is 10.9 Å². The van der Waals surface area contributed by atoms with Gasteiger partial charge in [-0.1, -0.05) is 11.6 Å². The van der Waals surface area contributed by atoms with Crippen LogP contribution in [0.4, 0.5) is 0 Å². The average Bonchev–Trinajstić information content (AvgIpc) is 3.01. The van der Waals surface area contributed by atoms with Gasteiger partial charge < -0.3 is 9.73 Å². The Labute approximate surface area is 127 Å². The highest BCUT2D eigenvalue weighted by molar-refractivity contribution is 7.16. The predicted molar refractivity (Wildman–Crippen MR) is 81.2 cm³/mol. The number of halogens is 1. The quantitative estimate of drug-likeness (QED) is 0.861. The van der Waals surface area contributed by atoms with Crippen LogP contribution in [-0.4, -0.2) is 18.5 Å². The molecule has 2 rings (SSSR count). The minimum Gasteiger partial charge on any atom is -0.467 e. The van der Waals surface area contributed by atoms with E-state index in [4.69, 9.17) is 16.0 Å². The maximum absolute atomic E-state index is 11.7. The van der Waals surface area contributed by atoms with Crippen LogP contribution in [0.2, 0.25) is 4.34 Å². The second-order valence-corrected chi connectivity index (χ2v) is 6.44. The van der Waals surface area contributed by atoms with Crippen molar-refractivity contribution in [2.24, 2.45) is 0 Å². The zero-order chi connectivity index (χ0) is 14.5. The molecule has 2 N–H and O–H groups in total. The molecule has 0 saturated carbocycles. The standard InChI is InChI=1S/C14H17ClN2O2S/c1-9(2)17-13(18)8-16-14(10-4-3-7-19-10)11-5-6-12(15)20-11/h3-7,9,14,16H,8H2,1-2H3,(H,17,18). The van der Waals surface area contributed by atoms with Crippen molar-refractivity contribution in [3.8, 4) is 0 Å². The van der Waals surface area contributed by atoms with Gasteiger partial charge in [0.15, 0.2) is 0 Å². The van der Waals surface area contributed by atoms with E-state index < -0.39 is 0 Å². The van der Waals surface area contributed by atoms with Gasteiger partial charge in [0.2, 0.25) is 5.91 Å². The van der Waals surface area contributed by atoms with Crippen molar-refractivity contribution in [2.75, 3.05) is 6.54 Å². The van der Waals surface area contributed by atoms with Crippen LogP contribution in [0.3, 0.4) is 0 Å². The lowest BCUT2D eigenvalue weighted by atomic mass is 10.2. The number of carbonyl (C=O) groups is 1. The minimum atomic E-state index is -0.166. The Morgan fingerprint density at radius 3 is 2.75 bits per heavy atom. The molecule has 0 radical (unpaired) electrons. The molecular formula is C14H17ClN2O2S. The predicted octanol–water partition coefficient (Wildman–Crippen LogP) is 3.20. The van der Waals surface area contributed by atoms with Crippen LogP contribution in [0, 0.1) is 0 Å². The van der Waals surface area contributed by atoms with E-state index in [9.17, 15) is 4.79 Å². The van der Waals surface area contributed by atoms with Gasteiger partial charge in [-0.15, -0.1) is 11.3 Å². The highest BCUT2D eigenvalue weighted by Gasteiger charge is 2.19. The van der Waals surface area contributed by atoms with Crippen LogP contribution in [0.1, 0.15) is 30.5 Å². The normalized spacial score (nSPS) is 12.6. The lowest BCUT2D eigenvalue weighted by Gasteiger charge is -2.16. The minimum absolute atomic E-state index is 0.0424. The fraction of sp³-hybridized carbons (Fsp3) is 0.357. The topological polar surface area (TPSA) is 54.3 Å². The van der Waals surface area contributed by atoms with Crippen LogP contribution in [0.5, 0.6) is 0 Å². The van der Waals surface area contributed by atoms with Gasteiger partial charge in [0.1, 0.15) is 11.8 Å². The van der Waals surface area contributed by atoms with Gasteiger partial charge in [-0.05, 0) is 38.1 Å². The fourth-order valence-electron chi connectivity index (χ4n) is 1.85. The second kappa shape index (κ2) is 6.92. The summed E-state index contributed by atoms with van der Waals surface area (Å²) in [6, 6.07) is 7.45. The lowest BCUT2D eigenvalue weighted by molar-refractivity contribution is -0.120. The Balaban J connectivity index is 2.07. The summed E-state index contributed by atoms with van der Waals surface area (Å²) >= 11 is 7.45. The van der Waals surface area contributed by atoms with E-state index in [1.165, 1.54) is 11.3 Å². The monoisotopic (exact) mass is 312 g/mol. The summed E-state index contributed by atoms with van der Waals surface area (Å²) in [6.45, 7) is 4.08. The smallest absolute Gasteiger partial charge is 0.234 e. The summed E-state index contributed by atoms with van der Waals surface area (Å²) < 4.78 is 6.16. The van der Waals surface area contributed by atoms with Gasteiger partial charge in [-0.3, -0.25) is 10.1 Å². The molecule has 1 unspecified atom stereocenters. The molecule has 1 amide bonds. The van der Waals surface area contributed by atoms with Crippen LogP contribution < -0.4 is 10.6 Å². The number of furan rings is 1. The molecule has 108 valence electrons. The molecule has 0 saturated heterocycles. The third kappa shape index (κ3) is 4.10. The van der Waals surface area contributed by atoms with Crippen LogP contribution in [0.15, 0.2) is 34.9 Å². The molecule has 2 aromatic rings. The summed E-state index contributed by atoms with van der Waals surface area (Å²) in [5.74, 6) is 0.722. The molecule has 0 spiro atoms. The molecule has 0 aliphatic carbocycles. The van der Waals surface area contributed by atoms with E-state index in [-0.39, 0.29) is 24.5 Å². The Kier molecular flexibility index (Phi) is 5.23. The average molecular weight is 313 g/mol. The Morgan fingerprint density at radius 2 is 2.20 bits per heavy atom. The SMILES string of the molecule is CC(C)NC(=O)CNC(c1ccco1)c1ccc(Cl)s1. The van der Waals surface area contributed by atoms with E-state index >= 15 is 0 Å². The summed E-state index contributed by atoms with van der Waals surface area (Å²) in [5.41, 5.74) is 0. The maximum Gasteiger partial charge on any atom is 0.234 e. The highest BCUT2D eigenvalue weighted by atomic mass is 35.5. The largest absolute Gasteiger partial charge is 0.467 e. The Hall–Kier alpha value is -1.30. The zero-order valence-electron chi connectivity index (χ0n) is 11.4. The van der Waals surface area contributed by atoms with Crippen molar-refractivity contribution < 1.29 is 9.21 Å². The molecule has 0 aliphatic heterocycles. The summed E-state index contributed by atoms with van der Waals surface area (Å²) in [7, 11) is 0. The van der Waals surface area contributed by atoms with Gasteiger partial charge >= 0.3 is 0 Å². The van der Waals surface area contributed by atoms with Crippen molar-refractivity contribution in [3.05, 3.63) is 45.5 Å². The number of amides is 1. The second-order valence-electron chi connectivity index (χ2n) is 4.69. The number of hydrogen-bond donors (Lipinski definition) is 2. The van der Waals surface area contributed by atoms with Crippen molar-refractivity contribution in [3.63, 3.8) is 0 Å². The maximum atomic E-state index is 11.7. The molecule has 0 aromatic carbocycles. The zero-order valence-corrected chi connectivity index (χ0v) is 12.9. The Bertz CT molecular complexity index is 551. The molecule has 4 nitrogen and oxygen atoms in total. The first kappa shape index (κ1) is 15.1. The van der Waals surface area contributed by atoms with E-state index in [1.54, 1.807) is 6.26 Å². The van der Waals surface area contributed by atoms with Gasteiger partial charge in [0.05, 0.1) is 17.1 Å². The molecule has 6 heteroatoms. The number of rotatable bonds is 6. The summed E-state index contributed by atoms with van der Waals surface area (Å²) in [6.07, 6.45) is 1.62.